The van der Waals surface area contributed by atoms with Crippen LogP contribution < -0.4 is 5.32 Å². The minimum atomic E-state index is -1.06. The van der Waals surface area contributed by atoms with Gasteiger partial charge in [0.05, 0.1) is 0 Å². The SMILES string of the molecule is C=C/C=C1\CCCC[C@H]1OC(=O)N[C@H](C(=O)O)C(C)(C)C. The molecule has 1 rings (SSSR count). The molecule has 2 atom stereocenters. The highest BCUT2D eigenvalue weighted by atomic mass is 16.6. The smallest absolute Gasteiger partial charge is 0.408 e. The first-order valence-electron chi connectivity index (χ1n) is 7.27. The number of hydrogen-bond acceptors (Lipinski definition) is 3. The van der Waals surface area contributed by atoms with Crippen molar-refractivity contribution >= 4 is 12.1 Å². The Hall–Kier alpha value is -1.78. The van der Waals surface area contributed by atoms with Gasteiger partial charge in [0, 0.05) is 0 Å². The standard InChI is InChI=1S/C16H25NO4/c1-5-8-11-9-6-7-10-12(11)21-15(20)17-13(14(18)19)16(2,3)4/h5,8,12-13H,1,6-7,9-10H2,2-4H3,(H,17,20)(H,18,19)/b11-8+/t12-,13-/m1/s1. The Kier molecular flexibility index (Phi) is 6.00. The molecule has 0 radical (unpaired) electrons. The molecule has 0 saturated heterocycles. The second-order valence-electron chi connectivity index (χ2n) is 6.40. The quantitative estimate of drug-likeness (QED) is 0.834. The summed E-state index contributed by atoms with van der Waals surface area (Å²) in [6.07, 6.45) is 6.30. The number of alkyl carbamates (subject to hydrolysis) is 1. The average molecular weight is 295 g/mol. The summed E-state index contributed by atoms with van der Waals surface area (Å²) in [5.74, 6) is -1.06. The van der Waals surface area contributed by atoms with Crippen LogP contribution in [-0.2, 0) is 9.53 Å². The second-order valence-corrected chi connectivity index (χ2v) is 6.40. The molecule has 1 saturated carbocycles. The van der Waals surface area contributed by atoms with Gasteiger partial charge in [-0.1, -0.05) is 39.5 Å². The number of carboxylic acid groups (broad SMARTS) is 1. The van der Waals surface area contributed by atoms with Crippen molar-refractivity contribution in [1.82, 2.24) is 5.32 Å². The summed E-state index contributed by atoms with van der Waals surface area (Å²) in [4.78, 5) is 23.2. The van der Waals surface area contributed by atoms with E-state index < -0.39 is 23.5 Å². The van der Waals surface area contributed by atoms with Crippen LogP contribution >= 0.6 is 0 Å². The molecule has 1 aliphatic carbocycles. The zero-order valence-corrected chi connectivity index (χ0v) is 13.0. The van der Waals surface area contributed by atoms with Gasteiger partial charge in [0.2, 0.25) is 0 Å². The van der Waals surface area contributed by atoms with Gasteiger partial charge in [0.15, 0.2) is 0 Å². The van der Waals surface area contributed by atoms with Crippen LogP contribution in [0.15, 0.2) is 24.3 Å². The van der Waals surface area contributed by atoms with Gasteiger partial charge in [-0.05, 0) is 36.7 Å². The maximum Gasteiger partial charge on any atom is 0.408 e. The zero-order chi connectivity index (χ0) is 16.0. The van der Waals surface area contributed by atoms with Gasteiger partial charge in [-0.2, -0.15) is 0 Å². The molecule has 1 fully saturated rings. The number of ether oxygens (including phenoxy) is 1. The van der Waals surface area contributed by atoms with Gasteiger partial charge < -0.3 is 15.2 Å². The van der Waals surface area contributed by atoms with E-state index >= 15 is 0 Å². The van der Waals surface area contributed by atoms with Gasteiger partial charge in [0.25, 0.3) is 0 Å². The van der Waals surface area contributed by atoms with Crippen molar-refractivity contribution in [3.8, 4) is 0 Å². The fourth-order valence-corrected chi connectivity index (χ4v) is 2.41. The molecular formula is C16H25NO4. The first kappa shape index (κ1) is 17.3. The molecule has 0 aromatic rings. The maximum absolute atomic E-state index is 12.0. The van der Waals surface area contributed by atoms with Crippen molar-refractivity contribution < 1.29 is 19.4 Å². The van der Waals surface area contributed by atoms with E-state index in [9.17, 15) is 14.7 Å². The molecule has 0 unspecified atom stereocenters. The summed E-state index contributed by atoms with van der Waals surface area (Å²) in [6, 6.07) is -0.986. The van der Waals surface area contributed by atoms with E-state index in [2.05, 4.69) is 11.9 Å². The molecule has 0 spiro atoms. The third kappa shape index (κ3) is 5.25. The van der Waals surface area contributed by atoms with Crippen LogP contribution in [0.5, 0.6) is 0 Å². The molecule has 0 heterocycles. The topological polar surface area (TPSA) is 75.6 Å². The molecule has 0 aromatic carbocycles. The predicted octanol–water partition coefficient (Wildman–Crippen LogP) is 3.27. The fourth-order valence-electron chi connectivity index (χ4n) is 2.41. The lowest BCUT2D eigenvalue weighted by molar-refractivity contribution is -0.142. The van der Waals surface area contributed by atoms with Crippen LogP contribution in [-0.4, -0.2) is 29.3 Å². The number of carboxylic acids is 1. The monoisotopic (exact) mass is 295 g/mol. The number of carbonyl (C=O) groups excluding carboxylic acids is 1. The summed E-state index contributed by atoms with van der Waals surface area (Å²) >= 11 is 0. The van der Waals surface area contributed by atoms with Crippen LogP contribution in [0, 0.1) is 5.41 Å². The molecule has 0 bridgehead atoms. The first-order valence-corrected chi connectivity index (χ1v) is 7.27. The van der Waals surface area contributed by atoms with Crippen molar-refractivity contribution in [2.24, 2.45) is 5.41 Å². The molecule has 5 nitrogen and oxygen atoms in total. The average Bonchev–Trinajstić information content (AvgIpc) is 2.37. The van der Waals surface area contributed by atoms with Crippen LogP contribution in [0.1, 0.15) is 46.5 Å². The number of allylic oxidation sites excluding steroid dienone is 2. The minimum absolute atomic E-state index is 0.286. The normalized spacial score (nSPS) is 22.4. The Morgan fingerprint density at radius 3 is 2.62 bits per heavy atom. The van der Waals surface area contributed by atoms with E-state index in [0.717, 1.165) is 31.3 Å². The Labute approximate surface area is 126 Å². The summed E-state index contributed by atoms with van der Waals surface area (Å²) in [7, 11) is 0. The van der Waals surface area contributed by atoms with Gasteiger partial charge in [-0.15, -0.1) is 0 Å². The number of hydrogen-bond donors (Lipinski definition) is 2. The van der Waals surface area contributed by atoms with E-state index in [1.807, 2.05) is 6.08 Å². The molecule has 1 amide bonds. The lowest BCUT2D eigenvalue weighted by Crippen LogP contribution is -2.50. The van der Waals surface area contributed by atoms with Crippen molar-refractivity contribution in [2.75, 3.05) is 0 Å². The summed E-state index contributed by atoms with van der Waals surface area (Å²) in [6.45, 7) is 8.94. The van der Waals surface area contributed by atoms with Gasteiger partial charge in [0.1, 0.15) is 12.1 Å². The molecule has 0 aliphatic heterocycles. The molecule has 118 valence electrons. The Balaban J connectivity index is 2.69. The molecule has 21 heavy (non-hydrogen) atoms. The Morgan fingerprint density at radius 1 is 1.43 bits per heavy atom. The largest absolute Gasteiger partial charge is 0.480 e. The third-order valence-electron chi connectivity index (χ3n) is 3.55. The minimum Gasteiger partial charge on any atom is -0.480 e. The fraction of sp³-hybridized carbons (Fsp3) is 0.625. The van der Waals surface area contributed by atoms with Crippen molar-refractivity contribution in [3.05, 3.63) is 24.3 Å². The summed E-state index contributed by atoms with van der Waals surface area (Å²) in [5, 5.41) is 11.7. The van der Waals surface area contributed by atoms with Crippen molar-refractivity contribution in [1.29, 1.82) is 0 Å². The van der Waals surface area contributed by atoms with E-state index in [1.54, 1.807) is 26.8 Å². The van der Waals surface area contributed by atoms with E-state index in [1.165, 1.54) is 0 Å². The number of rotatable bonds is 4. The van der Waals surface area contributed by atoms with E-state index in [-0.39, 0.29) is 6.10 Å². The summed E-state index contributed by atoms with van der Waals surface area (Å²) < 4.78 is 5.40. The van der Waals surface area contributed by atoms with Gasteiger partial charge >= 0.3 is 12.1 Å². The number of amides is 1. The molecule has 2 N–H and O–H groups in total. The lowest BCUT2D eigenvalue weighted by Gasteiger charge is -2.30. The first-order chi connectivity index (χ1) is 9.75. The van der Waals surface area contributed by atoms with Crippen LogP contribution in [0.25, 0.3) is 0 Å². The van der Waals surface area contributed by atoms with Gasteiger partial charge in [-0.25, -0.2) is 9.59 Å². The molecule has 0 aromatic heterocycles. The number of aliphatic carboxylic acids is 1. The summed E-state index contributed by atoms with van der Waals surface area (Å²) in [5.41, 5.74) is 0.450. The van der Waals surface area contributed by atoms with E-state index in [4.69, 9.17) is 4.74 Å². The molecule has 1 aliphatic rings. The highest BCUT2D eigenvalue weighted by molar-refractivity contribution is 5.80. The van der Waals surface area contributed by atoms with Crippen molar-refractivity contribution in [3.63, 3.8) is 0 Å². The Bertz CT molecular complexity index is 434. The highest BCUT2D eigenvalue weighted by Gasteiger charge is 2.34. The third-order valence-corrected chi connectivity index (χ3v) is 3.55. The maximum atomic E-state index is 12.0. The predicted molar refractivity (Wildman–Crippen MR) is 81.0 cm³/mol. The zero-order valence-electron chi connectivity index (χ0n) is 13.0. The van der Waals surface area contributed by atoms with Crippen molar-refractivity contribution in [2.45, 2.75) is 58.6 Å². The molecule has 5 heteroatoms. The number of carbonyl (C=O) groups is 2. The highest BCUT2D eigenvalue weighted by Crippen LogP contribution is 2.27. The number of nitrogens with one attached hydrogen (secondary N) is 1. The molecular weight excluding hydrogens is 270 g/mol. The second kappa shape index (κ2) is 7.29. The van der Waals surface area contributed by atoms with E-state index in [0.29, 0.717) is 0 Å². The van der Waals surface area contributed by atoms with Crippen LogP contribution in [0.2, 0.25) is 0 Å². The van der Waals surface area contributed by atoms with Crippen LogP contribution in [0.4, 0.5) is 4.79 Å². The van der Waals surface area contributed by atoms with Gasteiger partial charge in [-0.3, -0.25) is 0 Å². The lowest BCUT2D eigenvalue weighted by atomic mass is 9.87. The Morgan fingerprint density at radius 2 is 2.10 bits per heavy atom. The van der Waals surface area contributed by atoms with Crippen LogP contribution in [0.3, 0.4) is 0 Å².